The first-order valence-corrected chi connectivity index (χ1v) is 7.43. The average Bonchev–Trinajstić information content (AvgIpc) is 2.51. The lowest BCUT2D eigenvalue weighted by molar-refractivity contribution is -0.403. The van der Waals surface area contributed by atoms with Crippen molar-refractivity contribution < 1.29 is 15.3 Å². The molecule has 0 aromatic heterocycles. The molecule has 5 heteroatoms. The van der Waals surface area contributed by atoms with Crippen LogP contribution in [0.25, 0.3) is 10.8 Å². The van der Waals surface area contributed by atoms with Crippen LogP contribution >= 0.6 is 0 Å². The average molecular weight is 300 g/mol. The minimum Gasteiger partial charge on any atom is -0.356 e. The van der Waals surface area contributed by atoms with E-state index in [9.17, 15) is 9.59 Å². The van der Waals surface area contributed by atoms with Crippen LogP contribution < -0.4 is 16.4 Å². The van der Waals surface area contributed by atoms with Crippen LogP contribution in [-0.4, -0.2) is 24.4 Å². The highest BCUT2D eigenvalue weighted by atomic mass is 16.2. The van der Waals surface area contributed by atoms with Gasteiger partial charge in [-0.1, -0.05) is 30.3 Å². The molecule has 0 aliphatic carbocycles. The number of benzene rings is 2. The van der Waals surface area contributed by atoms with E-state index in [0.717, 1.165) is 22.9 Å². The van der Waals surface area contributed by atoms with Crippen LogP contribution in [-0.2, 0) is 9.59 Å². The Hall–Kier alpha value is -2.40. The minimum atomic E-state index is -0.333. The number of hydrogen-bond acceptors (Lipinski definition) is 2. The third kappa shape index (κ3) is 4.56. The van der Waals surface area contributed by atoms with E-state index in [4.69, 9.17) is 0 Å². The number of rotatable bonds is 6. The van der Waals surface area contributed by atoms with Crippen molar-refractivity contribution in [2.45, 2.75) is 25.8 Å². The second kappa shape index (κ2) is 7.56. The molecule has 5 N–H and O–H groups in total. The zero-order valence-electron chi connectivity index (χ0n) is 12.8. The molecule has 5 nitrogen and oxygen atoms in total. The molecular weight excluding hydrogens is 278 g/mol. The Morgan fingerprint density at radius 3 is 2.59 bits per heavy atom. The van der Waals surface area contributed by atoms with E-state index in [2.05, 4.69) is 16.4 Å². The predicted molar refractivity (Wildman–Crippen MR) is 87.2 cm³/mol. The van der Waals surface area contributed by atoms with Gasteiger partial charge in [0.2, 0.25) is 5.91 Å². The van der Waals surface area contributed by atoms with Crippen molar-refractivity contribution >= 4 is 28.3 Å². The molecule has 0 heterocycles. The quantitative estimate of drug-likeness (QED) is 0.702. The Morgan fingerprint density at radius 2 is 1.86 bits per heavy atom. The summed E-state index contributed by atoms with van der Waals surface area (Å²) in [6, 6.07) is 13.5. The number of nitrogens with one attached hydrogen (secondary N) is 2. The Balaban J connectivity index is 1.88. The summed E-state index contributed by atoms with van der Waals surface area (Å²) in [6.45, 7) is 2.05. The first-order valence-electron chi connectivity index (χ1n) is 7.43. The van der Waals surface area contributed by atoms with E-state index in [0.29, 0.717) is 13.0 Å². The van der Waals surface area contributed by atoms with Gasteiger partial charge in [-0.25, -0.2) is 0 Å². The molecule has 2 rings (SSSR count). The van der Waals surface area contributed by atoms with Gasteiger partial charge in [0.05, 0.1) is 0 Å². The SMILES string of the molecule is CC(=O)NCCC[C@H]([NH3+])C(=O)Nc1ccc2ccccc2c1. The van der Waals surface area contributed by atoms with Gasteiger partial charge in [-0.05, 0) is 29.3 Å². The van der Waals surface area contributed by atoms with Gasteiger partial charge in [-0.2, -0.15) is 0 Å². The molecule has 2 aromatic carbocycles. The van der Waals surface area contributed by atoms with E-state index in [1.807, 2.05) is 42.5 Å². The van der Waals surface area contributed by atoms with E-state index >= 15 is 0 Å². The van der Waals surface area contributed by atoms with Gasteiger partial charge >= 0.3 is 0 Å². The molecule has 116 valence electrons. The highest BCUT2D eigenvalue weighted by Crippen LogP contribution is 2.18. The first kappa shape index (κ1) is 16.0. The maximum absolute atomic E-state index is 12.1. The summed E-state index contributed by atoms with van der Waals surface area (Å²) in [7, 11) is 0. The minimum absolute atomic E-state index is 0.0544. The summed E-state index contributed by atoms with van der Waals surface area (Å²) >= 11 is 0. The van der Waals surface area contributed by atoms with E-state index in [1.165, 1.54) is 6.92 Å². The fraction of sp³-hybridized carbons (Fsp3) is 0.294. The number of quaternary nitrogens is 1. The fourth-order valence-electron chi connectivity index (χ4n) is 2.26. The van der Waals surface area contributed by atoms with Crippen LogP contribution in [0.3, 0.4) is 0 Å². The maximum Gasteiger partial charge on any atom is 0.282 e. The highest BCUT2D eigenvalue weighted by Gasteiger charge is 2.16. The van der Waals surface area contributed by atoms with Crippen molar-refractivity contribution in [2.75, 3.05) is 11.9 Å². The van der Waals surface area contributed by atoms with Gasteiger partial charge < -0.3 is 16.4 Å². The van der Waals surface area contributed by atoms with Gasteiger partial charge in [-0.15, -0.1) is 0 Å². The van der Waals surface area contributed by atoms with Crippen molar-refractivity contribution in [3.8, 4) is 0 Å². The Labute approximate surface area is 129 Å². The molecule has 0 radical (unpaired) electrons. The number of anilines is 1. The number of carbonyl (C=O) groups is 2. The monoisotopic (exact) mass is 300 g/mol. The van der Waals surface area contributed by atoms with Crippen LogP contribution in [0.4, 0.5) is 5.69 Å². The Bertz CT molecular complexity index is 670. The van der Waals surface area contributed by atoms with Gasteiger partial charge in [0.15, 0.2) is 6.04 Å². The molecule has 0 saturated heterocycles. The summed E-state index contributed by atoms with van der Waals surface area (Å²) in [5, 5.41) is 7.84. The van der Waals surface area contributed by atoms with Crippen molar-refractivity contribution in [1.82, 2.24) is 5.32 Å². The largest absolute Gasteiger partial charge is 0.356 e. The topological polar surface area (TPSA) is 85.8 Å². The van der Waals surface area contributed by atoms with Crippen LogP contribution in [0.1, 0.15) is 19.8 Å². The van der Waals surface area contributed by atoms with Gasteiger partial charge in [0, 0.05) is 25.6 Å². The molecule has 2 aromatic rings. The molecule has 0 bridgehead atoms. The molecule has 2 amide bonds. The van der Waals surface area contributed by atoms with Gasteiger partial charge in [0.1, 0.15) is 0 Å². The van der Waals surface area contributed by atoms with Gasteiger partial charge in [0.25, 0.3) is 5.91 Å². The molecule has 22 heavy (non-hydrogen) atoms. The lowest BCUT2D eigenvalue weighted by atomic mass is 10.1. The van der Waals surface area contributed by atoms with E-state index in [1.54, 1.807) is 0 Å². The standard InChI is InChI=1S/C17H21N3O2/c1-12(21)19-10-4-7-16(18)17(22)20-15-9-8-13-5-2-3-6-14(13)11-15/h2-3,5-6,8-9,11,16H,4,7,10,18H2,1H3,(H,19,21)(H,20,22)/p+1/t16-/m0/s1. The second-order valence-corrected chi connectivity index (χ2v) is 5.37. The van der Waals surface area contributed by atoms with E-state index < -0.39 is 0 Å². The van der Waals surface area contributed by atoms with Gasteiger partial charge in [-0.3, -0.25) is 9.59 Å². The van der Waals surface area contributed by atoms with Crippen molar-refractivity contribution in [3.63, 3.8) is 0 Å². The molecule has 0 fully saturated rings. The van der Waals surface area contributed by atoms with Crippen LogP contribution in [0, 0.1) is 0 Å². The van der Waals surface area contributed by atoms with E-state index in [-0.39, 0.29) is 17.9 Å². The first-order chi connectivity index (χ1) is 10.6. The van der Waals surface area contributed by atoms with Crippen LogP contribution in [0.5, 0.6) is 0 Å². The summed E-state index contributed by atoms with van der Waals surface area (Å²) in [4.78, 5) is 22.9. The molecule has 0 unspecified atom stereocenters. The summed E-state index contributed by atoms with van der Waals surface area (Å²) < 4.78 is 0. The number of amides is 2. The molecule has 0 aliphatic heterocycles. The summed E-state index contributed by atoms with van der Waals surface area (Å²) in [5.41, 5.74) is 4.67. The zero-order chi connectivity index (χ0) is 15.9. The number of hydrogen-bond donors (Lipinski definition) is 3. The summed E-state index contributed by atoms with van der Waals surface area (Å²) in [6.07, 6.45) is 1.37. The smallest absolute Gasteiger partial charge is 0.282 e. The Morgan fingerprint density at radius 1 is 1.14 bits per heavy atom. The van der Waals surface area contributed by atoms with Crippen LogP contribution in [0.15, 0.2) is 42.5 Å². The Kier molecular flexibility index (Phi) is 5.49. The molecule has 1 atom stereocenters. The van der Waals surface area contributed by atoms with Crippen molar-refractivity contribution in [1.29, 1.82) is 0 Å². The molecule has 0 aliphatic rings. The third-order valence-corrected chi connectivity index (χ3v) is 3.49. The lowest BCUT2D eigenvalue weighted by Crippen LogP contribution is -2.66. The normalized spacial score (nSPS) is 11.9. The number of carbonyl (C=O) groups excluding carboxylic acids is 2. The molecule has 0 saturated carbocycles. The number of fused-ring (bicyclic) bond motifs is 1. The maximum atomic E-state index is 12.1. The van der Waals surface area contributed by atoms with Crippen molar-refractivity contribution in [2.24, 2.45) is 0 Å². The predicted octanol–water partition coefficient (Wildman–Crippen LogP) is 1.31. The fourth-order valence-corrected chi connectivity index (χ4v) is 2.26. The lowest BCUT2D eigenvalue weighted by Gasteiger charge is -2.10. The van der Waals surface area contributed by atoms with Crippen LogP contribution in [0.2, 0.25) is 0 Å². The summed E-state index contributed by atoms with van der Waals surface area (Å²) in [5.74, 6) is -0.153. The molecule has 0 spiro atoms. The molecular formula is C17H22N3O2+. The zero-order valence-corrected chi connectivity index (χ0v) is 12.8. The second-order valence-electron chi connectivity index (χ2n) is 5.37. The van der Waals surface area contributed by atoms with Crippen molar-refractivity contribution in [3.05, 3.63) is 42.5 Å². The third-order valence-electron chi connectivity index (χ3n) is 3.49. The highest BCUT2D eigenvalue weighted by molar-refractivity contribution is 5.96.